The van der Waals surface area contributed by atoms with Crippen LogP contribution < -0.4 is 11.1 Å². The first-order valence-electron chi connectivity index (χ1n) is 7.23. The second-order valence-corrected chi connectivity index (χ2v) is 5.65. The third-order valence-corrected chi connectivity index (χ3v) is 4.69. The van der Waals surface area contributed by atoms with Crippen LogP contribution in [0.2, 0.25) is 0 Å². The van der Waals surface area contributed by atoms with Crippen molar-refractivity contribution < 1.29 is 0 Å². The highest BCUT2D eigenvalue weighted by molar-refractivity contribution is 5.27. The molecule has 0 amide bonds. The molecule has 0 spiro atoms. The topological polar surface area (TPSA) is 38.0 Å². The maximum absolute atomic E-state index is 5.94. The fourth-order valence-electron chi connectivity index (χ4n) is 2.70. The Kier molecular flexibility index (Phi) is 4.41. The molecule has 0 bridgehead atoms. The van der Waals surface area contributed by atoms with Crippen LogP contribution in [0, 0.1) is 5.41 Å². The maximum Gasteiger partial charge on any atom is 0.0143 e. The zero-order valence-electron chi connectivity index (χ0n) is 11.7. The summed E-state index contributed by atoms with van der Waals surface area (Å²) in [5.41, 5.74) is 7.71. The average molecular weight is 246 g/mol. The van der Waals surface area contributed by atoms with E-state index in [1.54, 1.807) is 0 Å². The lowest BCUT2D eigenvalue weighted by molar-refractivity contribution is 0.258. The molecule has 0 saturated heterocycles. The van der Waals surface area contributed by atoms with Gasteiger partial charge >= 0.3 is 0 Å². The molecule has 0 aliphatic heterocycles. The summed E-state index contributed by atoms with van der Waals surface area (Å²) < 4.78 is 0. The van der Waals surface area contributed by atoms with Crippen LogP contribution in [-0.2, 0) is 0 Å². The van der Waals surface area contributed by atoms with Crippen molar-refractivity contribution in [1.29, 1.82) is 0 Å². The number of hydrogen-bond acceptors (Lipinski definition) is 2. The van der Waals surface area contributed by atoms with Gasteiger partial charge in [-0.15, -0.1) is 0 Å². The zero-order valence-corrected chi connectivity index (χ0v) is 11.7. The van der Waals surface area contributed by atoms with E-state index in [1.165, 1.54) is 12.0 Å². The Bertz CT molecular complexity index is 348. The first-order valence-corrected chi connectivity index (χ1v) is 7.23. The molecule has 1 aromatic rings. The smallest absolute Gasteiger partial charge is 0.0143 e. The molecule has 2 atom stereocenters. The van der Waals surface area contributed by atoms with E-state index in [2.05, 4.69) is 49.5 Å². The van der Waals surface area contributed by atoms with Crippen molar-refractivity contribution >= 4 is 0 Å². The third kappa shape index (κ3) is 2.93. The molecule has 2 unspecified atom stereocenters. The van der Waals surface area contributed by atoms with E-state index in [9.17, 15) is 0 Å². The van der Waals surface area contributed by atoms with E-state index in [4.69, 9.17) is 5.73 Å². The lowest BCUT2D eigenvalue weighted by Gasteiger charge is -2.30. The van der Waals surface area contributed by atoms with Crippen LogP contribution in [0.15, 0.2) is 30.3 Å². The number of rotatable bonds is 7. The van der Waals surface area contributed by atoms with Gasteiger partial charge in [0.1, 0.15) is 0 Å². The van der Waals surface area contributed by atoms with Crippen LogP contribution in [0.4, 0.5) is 0 Å². The summed E-state index contributed by atoms with van der Waals surface area (Å²) in [6, 6.07) is 11.5. The SMILES string of the molecule is CCC(CC)(CN)CNC1CC1c1ccccc1. The van der Waals surface area contributed by atoms with Gasteiger partial charge in [0.2, 0.25) is 0 Å². The Morgan fingerprint density at radius 1 is 1.22 bits per heavy atom. The van der Waals surface area contributed by atoms with E-state index in [0.717, 1.165) is 31.8 Å². The normalized spacial score (nSPS) is 23.1. The second-order valence-electron chi connectivity index (χ2n) is 5.65. The van der Waals surface area contributed by atoms with Crippen LogP contribution in [0.25, 0.3) is 0 Å². The first kappa shape index (κ1) is 13.6. The van der Waals surface area contributed by atoms with Crippen molar-refractivity contribution in [2.24, 2.45) is 11.1 Å². The molecule has 2 rings (SSSR count). The molecule has 18 heavy (non-hydrogen) atoms. The summed E-state index contributed by atoms with van der Waals surface area (Å²) in [6.45, 7) is 6.35. The van der Waals surface area contributed by atoms with Gasteiger partial charge in [-0.05, 0) is 36.8 Å². The summed E-state index contributed by atoms with van der Waals surface area (Å²) in [4.78, 5) is 0. The molecule has 1 fully saturated rings. The standard InChI is InChI=1S/C16H26N2/c1-3-16(4-2,11-17)12-18-15-10-14(15)13-8-6-5-7-9-13/h5-9,14-15,18H,3-4,10-12,17H2,1-2H3. The largest absolute Gasteiger partial charge is 0.330 e. The highest BCUT2D eigenvalue weighted by Crippen LogP contribution is 2.41. The fourth-order valence-corrected chi connectivity index (χ4v) is 2.70. The van der Waals surface area contributed by atoms with Crippen molar-refractivity contribution in [2.45, 2.75) is 45.1 Å². The molecule has 100 valence electrons. The van der Waals surface area contributed by atoms with Crippen LogP contribution >= 0.6 is 0 Å². The monoisotopic (exact) mass is 246 g/mol. The van der Waals surface area contributed by atoms with Crippen molar-refractivity contribution in [1.82, 2.24) is 5.32 Å². The minimum Gasteiger partial charge on any atom is -0.330 e. The lowest BCUT2D eigenvalue weighted by atomic mass is 9.82. The van der Waals surface area contributed by atoms with Crippen molar-refractivity contribution in [3.63, 3.8) is 0 Å². The van der Waals surface area contributed by atoms with Gasteiger partial charge in [-0.25, -0.2) is 0 Å². The van der Waals surface area contributed by atoms with E-state index < -0.39 is 0 Å². The number of nitrogens with two attached hydrogens (primary N) is 1. The van der Waals surface area contributed by atoms with Gasteiger partial charge < -0.3 is 11.1 Å². The lowest BCUT2D eigenvalue weighted by Crippen LogP contribution is -2.40. The Labute approximate surface area is 111 Å². The van der Waals surface area contributed by atoms with Gasteiger partial charge in [0, 0.05) is 18.5 Å². The maximum atomic E-state index is 5.94. The first-order chi connectivity index (χ1) is 8.74. The Morgan fingerprint density at radius 3 is 2.44 bits per heavy atom. The number of benzene rings is 1. The predicted molar refractivity (Wildman–Crippen MR) is 77.7 cm³/mol. The van der Waals surface area contributed by atoms with Gasteiger partial charge in [-0.2, -0.15) is 0 Å². The summed E-state index contributed by atoms with van der Waals surface area (Å²) >= 11 is 0. The third-order valence-electron chi connectivity index (χ3n) is 4.69. The molecular weight excluding hydrogens is 220 g/mol. The highest BCUT2D eigenvalue weighted by Gasteiger charge is 2.39. The summed E-state index contributed by atoms with van der Waals surface area (Å²) in [5, 5.41) is 3.72. The molecule has 2 nitrogen and oxygen atoms in total. The number of hydrogen-bond donors (Lipinski definition) is 2. The van der Waals surface area contributed by atoms with Crippen LogP contribution in [0.5, 0.6) is 0 Å². The molecule has 3 N–H and O–H groups in total. The van der Waals surface area contributed by atoms with E-state index in [-0.39, 0.29) is 0 Å². The summed E-state index contributed by atoms with van der Waals surface area (Å²) in [7, 11) is 0. The molecule has 0 radical (unpaired) electrons. The van der Waals surface area contributed by atoms with Gasteiger partial charge in [-0.3, -0.25) is 0 Å². The predicted octanol–water partition coefficient (Wildman–Crippen LogP) is 2.90. The summed E-state index contributed by atoms with van der Waals surface area (Å²) in [5.74, 6) is 0.718. The Hall–Kier alpha value is -0.860. The van der Waals surface area contributed by atoms with E-state index in [1.807, 2.05) is 0 Å². The molecule has 0 aromatic heterocycles. The van der Waals surface area contributed by atoms with Gasteiger partial charge in [0.05, 0.1) is 0 Å². The molecule has 1 aromatic carbocycles. The second kappa shape index (κ2) is 5.85. The fraction of sp³-hybridized carbons (Fsp3) is 0.625. The van der Waals surface area contributed by atoms with Gasteiger partial charge in [0.25, 0.3) is 0 Å². The molecule has 1 aliphatic carbocycles. The average Bonchev–Trinajstić information content (AvgIpc) is 3.22. The van der Waals surface area contributed by atoms with Gasteiger partial charge in [-0.1, -0.05) is 44.2 Å². The van der Waals surface area contributed by atoms with Crippen molar-refractivity contribution in [3.05, 3.63) is 35.9 Å². The van der Waals surface area contributed by atoms with Crippen molar-refractivity contribution in [2.75, 3.05) is 13.1 Å². The zero-order chi connectivity index (χ0) is 13.0. The molecule has 1 aliphatic rings. The molecular formula is C16H26N2. The van der Waals surface area contributed by atoms with Gasteiger partial charge in [0.15, 0.2) is 0 Å². The van der Waals surface area contributed by atoms with Crippen molar-refractivity contribution in [3.8, 4) is 0 Å². The number of nitrogens with one attached hydrogen (secondary N) is 1. The minimum absolute atomic E-state index is 0.295. The summed E-state index contributed by atoms with van der Waals surface area (Å²) in [6.07, 6.45) is 3.60. The Morgan fingerprint density at radius 2 is 1.89 bits per heavy atom. The molecule has 1 saturated carbocycles. The molecule has 0 heterocycles. The quantitative estimate of drug-likeness (QED) is 0.776. The van der Waals surface area contributed by atoms with E-state index >= 15 is 0 Å². The minimum atomic E-state index is 0.295. The highest BCUT2D eigenvalue weighted by atomic mass is 15.0. The Balaban J connectivity index is 1.83. The molecule has 2 heteroatoms. The van der Waals surface area contributed by atoms with Crippen LogP contribution in [0.3, 0.4) is 0 Å². The van der Waals surface area contributed by atoms with Crippen LogP contribution in [0.1, 0.15) is 44.6 Å². The van der Waals surface area contributed by atoms with Crippen LogP contribution in [-0.4, -0.2) is 19.1 Å². The van der Waals surface area contributed by atoms with E-state index in [0.29, 0.717) is 11.5 Å².